The molecule has 0 aromatic heterocycles. The van der Waals surface area contributed by atoms with Crippen LogP contribution in [0, 0.1) is 0 Å². The Morgan fingerprint density at radius 1 is 1.44 bits per heavy atom. The van der Waals surface area contributed by atoms with Crippen molar-refractivity contribution in [1.29, 1.82) is 0 Å². The topological polar surface area (TPSA) is 70.4 Å². The number of nitrogens with one attached hydrogen (secondary N) is 1. The monoisotopic (exact) mass is 363 g/mol. The van der Waals surface area contributed by atoms with Crippen molar-refractivity contribution in [3.05, 3.63) is 5.73 Å². The van der Waals surface area contributed by atoms with Crippen LogP contribution in [0.3, 0.4) is 0 Å². The molecule has 1 N–H and O–H groups in total. The van der Waals surface area contributed by atoms with E-state index in [1.54, 1.807) is 11.3 Å². The maximum absolute atomic E-state index is 9.76. The van der Waals surface area contributed by atoms with Gasteiger partial charge in [0.1, 0.15) is 6.61 Å². The van der Waals surface area contributed by atoms with Gasteiger partial charge in [-0.2, -0.15) is 6.41 Å². The smallest absolute Gasteiger partial charge is 0.227 e. The molecule has 0 unspecified atom stereocenters. The van der Waals surface area contributed by atoms with Gasteiger partial charge in [-0.05, 0) is 19.5 Å². The molecule has 91 valence electrons. The Balaban J connectivity index is 0. The first-order chi connectivity index (χ1) is 6.85. The minimum atomic E-state index is -1.61. The van der Waals surface area contributed by atoms with Crippen molar-refractivity contribution in [1.82, 2.24) is 4.90 Å². The minimum Gasteiger partial charge on any atom is -0.632 e. The van der Waals surface area contributed by atoms with E-state index >= 15 is 0 Å². The zero-order valence-electron chi connectivity index (χ0n) is 8.21. The van der Waals surface area contributed by atoms with Crippen molar-refractivity contribution >= 4 is 47.3 Å². The molecule has 1 heterocycles. The molecule has 16 heavy (non-hydrogen) atoms. The summed E-state index contributed by atoms with van der Waals surface area (Å²) < 4.78 is 2.42. The fraction of sp³-hybridized carbons (Fsp3) is 0.714. The number of carbonyl (C=O) groups is 1. The van der Waals surface area contributed by atoms with Crippen molar-refractivity contribution in [3.63, 3.8) is 0 Å². The van der Waals surface area contributed by atoms with Crippen molar-refractivity contribution in [2.24, 2.45) is 0 Å². The molecule has 1 rings (SSSR count). The maximum Gasteiger partial charge on any atom is 0.227 e. The second-order valence-corrected chi connectivity index (χ2v) is 5.14. The SMILES string of the molecule is O=[C-]N1CCC1.[NH-]C(=O)OCC(Cl)(Cl)Cl.[Y]. The van der Waals surface area contributed by atoms with Crippen LogP contribution in [0.25, 0.3) is 5.73 Å². The van der Waals surface area contributed by atoms with Crippen molar-refractivity contribution in [2.45, 2.75) is 10.2 Å². The first-order valence-electron chi connectivity index (χ1n) is 3.93. The molecule has 1 saturated heterocycles. The molecule has 0 aliphatic carbocycles. The summed E-state index contributed by atoms with van der Waals surface area (Å²) in [6.45, 7) is 1.45. The molecule has 0 spiro atoms. The van der Waals surface area contributed by atoms with Crippen LogP contribution >= 0.6 is 34.8 Å². The number of nitrogens with zero attached hydrogens (tertiary/aromatic N) is 1. The van der Waals surface area contributed by atoms with E-state index < -0.39 is 9.89 Å². The molecule has 0 atom stereocenters. The average Bonchev–Trinajstić information content (AvgIpc) is 1.99. The Morgan fingerprint density at radius 2 is 1.94 bits per heavy atom. The summed E-state index contributed by atoms with van der Waals surface area (Å²) in [4.78, 5) is 21.0. The maximum atomic E-state index is 9.76. The predicted molar refractivity (Wildman–Crippen MR) is 57.8 cm³/mol. The number of amides is 2. The Labute approximate surface area is 134 Å². The van der Waals surface area contributed by atoms with Crippen LogP contribution in [0.2, 0.25) is 0 Å². The largest absolute Gasteiger partial charge is 0.632 e. The molecular formula is C7H9Cl3N2O3Y-2. The third kappa shape index (κ3) is 12.8. The van der Waals surface area contributed by atoms with E-state index in [0.29, 0.717) is 0 Å². The first-order valence-corrected chi connectivity index (χ1v) is 5.06. The van der Waals surface area contributed by atoms with E-state index in [2.05, 4.69) is 4.74 Å². The van der Waals surface area contributed by atoms with Crippen molar-refractivity contribution < 1.29 is 47.0 Å². The summed E-state index contributed by atoms with van der Waals surface area (Å²) in [6, 6.07) is 0. The van der Waals surface area contributed by atoms with E-state index in [0.717, 1.165) is 19.5 Å². The van der Waals surface area contributed by atoms with Gasteiger partial charge in [-0.1, -0.05) is 34.8 Å². The van der Waals surface area contributed by atoms with Crippen LogP contribution in [0.15, 0.2) is 0 Å². The van der Waals surface area contributed by atoms with Gasteiger partial charge in [-0.15, -0.1) is 0 Å². The normalized spacial score (nSPS) is 13.6. The molecule has 0 saturated carbocycles. The molecule has 1 aliphatic heterocycles. The quantitative estimate of drug-likeness (QED) is 0.558. The van der Waals surface area contributed by atoms with Crippen LogP contribution in [-0.4, -0.2) is 40.9 Å². The molecule has 5 nitrogen and oxygen atoms in total. The van der Waals surface area contributed by atoms with Crippen LogP contribution < -0.4 is 0 Å². The van der Waals surface area contributed by atoms with E-state index in [1.807, 2.05) is 0 Å². The number of ether oxygens (including phenoxy) is 1. The number of hydrogen-bond donors (Lipinski definition) is 0. The van der Waals surface area contributed by atoms with E-state index in [9.17, 15) is 9.59 Å². The molecule has 0 aromatic rings. The Bertz CT molecular complexity index is 221. The average molecular weight is 364 g/mol. The van der Waals surface area contributed by atoms with Gasteiger partial charge >= 0.3 is 0 Å². The predicted octanol–water partition coefficient (Wildman–Crippen LogP) is 2.30. The number of carbonyl (C=O) groups excluding carboxylic acids is 2. The molecule has 1 radical (unpaired) electrons. The van der Waals surface area contributed by atoms with Gasteiger partial charge in [0.2, 0.25) is 9.89 Å². The fourth-order valence-electron chi connectivity index (χ4n) is 0.555. The van der Waals surface area contributed by atoms with Gasteiger partial charge in [0, 0.05) is 32.7 Å². The van der Waals surface area contributed by atoms with Gasteiger partial charge < -0.3 is 20.2 Å². The Kier molecular flexibility index (Phi) is 11.6. The zero-order chi connectivity index (χ0) is 11.9. The molecule has 0 aromatic carbocycles. The number of halogens is 3. The summed E-state index contributed by atoms with van der Waals surface area (Å²) in [5.41, 5.74) is 6.22. The van der Waals surface area contributed by atoms with Crippen LogP contribution in [0.1, 0.15) is 6.42 Å². The Morgan fingerprint density at radius 3 is 2.00 bits per heavy atom. The molecular weight excluding hydrogens is 355 g/mol. The van der Waals surface area contributed by atoms with Gasteiger partial charge in [0.05, 0.1) is 0 Å². The van der Waals surface area contributed by atoms with Crippen molar-refractivity contribution in [2.75, 3.05) is 19.7 Å². The van der Waals surface area contributed by atoms with Crippen LogP contribution in [0.5, 0.6) is 0 Å². The Hall–Kier alpha value is 0.714. The summed E-state index contributed by atoms with van der Waals surface area (Å²) in [7, 11) is 0. The van der Waals surface area contributed by atoms with E-state index in [4.69, 9.17) is 40.5 Å². The second-order valence-electron chi connectivity index (χ2n) is 2.62. The molecule has 2 amide bonds. The molecule has 1 aliphatic rings. The summed E-state index contributed by atoms with van der Waals surface area (Å²) in [6.07, 6.45) is 1.74. The summed E-state index contributed by atoms with van der Waals surface area (Å²) >= 11 is 15.4. The zero-order valence-corrected chi connectivity index (χ0v) is 13.3. The standard InChI is InChI=1S/C4H6NO.C3H4Cl3NO2.Y/c6-4-5-2-1-3-5;4-3(5,6)1-9-2(7)8;/h1-3H2;1H2,(H2,7,8);/q-1;;/p-1. The minimum absolute atomic E-state index is 0. The van der Waals surface area contributed by atoms with Gasteiger partial charge in [0.15, 0.2) is 0 Å². The third-order valence-electron chi connectivity index (χ3n) is 1.35. The van der Waals surface area contributed by atoms with Crippen molar-refractivity contribution in [3.8, 4) is 0 Å². The van der Waals surface area contributed by atoms with Crippen LogP contribution in [0.4, 0.5) is 4.79 Å². The van der Waals surface area contributed by atoms with Crippen LogP contribution in [-0.2, 0) is 42.2 Å². The number of rotatable bonds is 2. The third-order valence-corrected chi connectivity index (χ3v) is 1.68. The second kappa shape index (κ2) is 9.71. The number of alkyl halides is 3. The molecule has 1 fully saturated rings. The molecule has 9 heteroatoms. The van der Waals surface area contributed by atoms with Gasteiger partial charge in [0.25, 0.3) is 0 Å². The summed E-state index contributed by atoms with van der Waals surface area (Å²) in [5.74, 6) is 0. The van der Waals surface area contributed by atoms with Gasteiger partial charge in [-0.3, -0.25) is 4.79 Å². The van der Waals surface area contributed by atoms with E-state index in [1.165, 1.54) is 0 Å². The number of likely N-dealkylation sites (tertiary alicyclic amines) is 1. The molecule has 0 bridgehead atoms. The first kappa shape index (κ1) is 19.1. The fourth-order valence-corrected chi connectivity index (χ4v) is 0.719. The summed E-state index contributed by atoms with van der Waals surface area (Å²) in [5, 5.41) is 0. The number of hydrogen-bond acceptors (Lipinski definition) is 3. The van der Waals surface area contributed by atoms with Gasteiger partial charge in [-0.25, -0.2) is 0 Å². The van der Waals surface area contributed by atoms with E-state index in [-0.39, 0.29) is 39.3 Å².